The molecule has 3 nitrogen and oxygen atoms in total. The van der Waals surface area contributed by atoms with E-state index >= 15 is 0 Å². The minimum Gasteiger partial charge on any atom is -0.338 e. The van der Waals surface area contributed by atoms with E-state index in [-0.39, 0.29) is 6.03 Å². The summed E-state index contributed by atoms with van der Waals surface area (Å²) in [5, 5.41) is 6.41. The third-order valence-electron chi connectivity index (χ3n) is 2.31. The first-order chi connectivity index (χ1) is 8.54. The zero-order valence-electron chi connectivity index (χ0n) is 10.0. The number of hydrogen-bond donors (Lipinski definition) is 2. The van der Waals surface area contributed by atoms with Gasteiger partial charge in [0.2, 0.25) is 0 Å². The summed E-state index contributed by atoms with van der Waals surface area (Å²) in [6, 6.07) is 2.74. The van der Waals surface area contributed by atoms with Crippen LogP contribution in [0.5, 0.6) is 0 Å². The number of hydrogen-bond acceptors (Lipinski definition) is 1. The first kappa shape index (κ1) is 15.4. The van der Waals surface area contributed by atoms with Crippen LogP contribution in [-0.2, 0) is 0 Å². The smallest absolute Gasteiger partial charge is 0.319 e. The van der Waals surface area contributed by atoms with Gasteiger partial charge in [-0.3, -0.25) is 0 Å². The highest BCUT2D eigenvalue weighted by Crippen LogP contribution is 2.33. The fourth-order valence-corrected chi connectivity index (χ4v) is 2.31. The van der Waals surface area contributed by atoms with Crippen molar-refractivity contribution in [2.75, 3.05) is 11.9 Å². The molecule has 0 saturated heterocycles. The molecule has 0 unspecified atom stereocenters. The molecule has 2 amide bonds. The molecule has 0 heterocycles. The second-order valence-electron chi connectivity index (χ2n) is 3.83. The second kappa shape index (κ2) is 7.72. The van der Waals surface area contributed by atoms with Gasteiger partial charge < -0.3 is 10.6 Å². The van der Waals surface area contributed by atoms with Gasteiger partial charge >= 0.3 is 6.03 Å². The quantitative estimate of drug-likeness (QED) is 0.742. The summed E-state index contributed by atoms with van der Waals surface area (Å²) in [6.07, 6.45) is 3.15. The van der Waals surface area contributed by atoms with Crippen LogP contribution in [0.3, 0.4) is 0 Å². The molecular formula is C12H15Cl3N2O. The molecule has 0 saturated carbocycles. The standard InChI is InChI=1S/C12H15Cl3N2O/c1-2-3-4-5-16-12(18)17-11-9(14)6-8(13)7-10(11)15/h6-7H,2-5H2,1H3,(H2,16,17,18). The zero-order valence-corrected chi connectivity index (χ0v) is 12.3. The summed E-state index contributed by atoms with van der Waals surface area (Å²) in [5.74, 6) is 0. The van der Waals surface area contributed by atoms with Crippen molar-refractivity contribution in [3.05, 3.63) is 27.2 Å². The van der Waals surface area contributed by atoms with Crippen molar-refractivity contribution in [1.82, 2.24) is 5.32 Å². The van der Waals surface area contributed by atoms with Crippen LogP contribution in [0.2, 0.25) is 15.1 Å². The average molecular weight is 310 g/mol. The van der Waals surface area contributed by atoms with Gasteiger partial charge in [0.05, 0.1) is 15.7 Å². The Morgan fingerprint density at radius 2 is 1.78 bits per heavy atom. The van der Waals surface area contributed by atoms with Gasteiger partial charge in [0.25, 0.3) is 0 Å². The predicted molar refractivity (Wildman–Crippen MR) is 78.0 cm³/mol. The molecule has 0 aliphatic carbocycles. The highest BCUT2D eigenvalue weighted by atomic mass is 35.5. The molecule has 0 aliphatic heterocycles. The molecular weight excluding hydrogens is 295 g/mol. The van der Waals surface area contributed by atoms with Gasteiger partial charge in [0, 0.05) is 11.6 Å². The number of anilines is 1. The molecule has 0 bridgehead atoms. The normalized spacial score (nSPS) is 10.2. The van der Waals surface area contributed by atoms with Gasteiger partial charge in [-0.2, -0.15) is 0 Å². The number of rotatable bonds is 5. The molecule has 0 radical (unpaired) electrons. The zero-order chi connectivity index (χ0) is 13.5. The summed E-state index contributed by atoms with van der Waals surface area (Å²) in [6.45, 7) is 2.73. The topological polar surface area (TPSA) is 41.1 Å². The van der Waals surface area contributed by atoms with Gasteiger partial charge in [-0.15, -0.1) is 0 Å². The summed E-state index contributed by atoms with van der Waals surface area (Å²) >= 11 is 17.7. The fourth-order valence-electron chi connectivity index (χ4n) is 1.40. The summed E-state index contributed by atoms with van der Waals surface area (Å²) in [7, 11) is 0. The summed E-state index contributed by atoms with van der Waals surface area (Å²) in [4.78, 5) is 11.6. The minimum absolute atomic E-state index is 0.316. The van der Waals surface area contributed by atoms with E-state index in [1.54, 1.807) is 0 Å². The average Bonchev–Trinajstić information content (AvgIpc) is 2.29. The lowest BCUT2D eigenvalue weighted by Gasteiger charge is -2.10. The van der Waals surface area contributed by atoms with Crippen LogP contribution in [-0.4, -0.2) is 12.6 Å². The fraction of sp³-hybridized carbons (Fsp3) is 0.417. The van der Waals surface area contributed by atoms with Gasteiger partial charge in [-0.25, -0.2) is 4.79 Å². The van der Waals surface area contributed by atoms with Gasteiger partial charge in [-0.05, 0) is 18.6 Å². The molecule has 0 atom stereocenters. The number of carbonyl (C=O) groups excluding carboxylic acids is 1. The van der Waals surface area contributed by atoms with Crippen LogP contribution >= 0.6 is 34.8 Å². The van der Waals surface area contributed by atoms with Crippen molar-refractivity contribution in [2.24, 2.45) is 0 Å². The largest absolute Gasteiger partial charge is 0.338 e. The molecule has 0 fully saturated rings. The Morgan fingerprint density at radius 3 is 2.33 bits per heavy atom. The maximum Gasteiger partial charge on any atom is 0.319 e. The first-order valence-electron chi connectivity index (χ1n) is 5.74. The lowest BCUT2D eigenvalue weighted by molar-refractivity contribution is 0.252. The Hall–Kier alpha value is -0.640. The molecule has 1 rings (SSSR count). The van der Waals surface area contributed by atoms with E-state index in [4.69, 9.17) is 34.8 Å². The number of halogens is 3. The van der Waals surface area contributed by atoms with E-state index in [0.29, 0.717) is 27.3 Å². The Balaban J connectivity index is 2.54. The van der Waals surface area contributed by atoms with E-state index in [0.717, 1.165) is 19.3 Å². The van der Waals surface area contributed by atoms with Crippen LogP contribution in [0.15, 0.2) is 12.1 Å². The van der Waals surface area contributed by atoms with Crippen LogP contribution in [0.25, 0.3) is 0 Å². The Kier molecular flexibility index (Phi) is 6.61. The maximum absolute atomic E-state index is 11.6. The first-order valence-corrected chi connectivity index (χ1v) is 6.87. The van der Waals surface area contributed by atoms with Gasteiger partial charge in [0.1, 0.15) is 0 Å². The van der Waals surface area contributed by atoms with E-state index in [1.807, 2.05) is 0 Å². The van der Waals surface area contributed by atoms with Crippen LogP contribution in [0.4, 0.5) is 10.5 Å². The highest BCUT2D eigenvalue weighted by molar-refractivity contribution is 6.42. The Labute approximate surface area is 122 Å². The van der Waals surface area contributed by atoms with E-state index in [2.05, 4.69) is 17.6 Å². The third kappa shape index (κ3) is 4.92. The summed E-state index contributed by atoms with van der Waals surface area (Å²) < 4.78 is 0. The van der Waals surface area contributed by atoms with Crippen molar-refractivity contribution in [3.63, 3.8) is 0 Å². The van der Waals surface area contributed by atoms with Crippen LogP contribution < -0.4 is 10.6 Å². The molecule has 1 aromatic rings. The van der Waals surface area contributed by atoms with Crippen molar-refractivity contribution < 1.29 is 4.79 Å². The SMILES string of the molecule is CCCCCNC(=O)Nc1c(Cl)cc(Cl)cc1Cl. The number of unbranched alkanes of at least 4 members (excludes halogenated alkanes) is 2. The van der Waals surface area contributed by atoms with E-state index < -0.39 is 0 Å². The number of nitrogens with one attached hydrogen (secondary N) is 2. The van der Waals surface area contributed by atoms with Crippen molar-refractivity contribution in [2.45, 2.75) is 26.2 Å². The molecule has 6 heteroatoms. The monoisotopic (exact) mass is 308 g/mol. The van der Waals surface area contributed by atoms with E-state index in [9.17, 15) is 4.79 Å². The molecule has 1 aromatic carbocycles. The predicted octanol–water partition coefficient (Wildman–Crippen LogP) is 4.96. The second-order valence-corrected chi connectivity index (χ2v) is 5.08. The van der Waals surface area contributed by atoms with Crippen molar-refractivity contribution in [3.8, 4) is 0 Å². The lowest BCUT2D eigenvalue weighted by atomic mass is 10.2. The minimum atomic E-state index is -0.322. The molecule has 18 heavy (non-hydrogen) atoms. The van der Waals surface area contributed by atoms with E-state index in [1.165, 1.54) is 12.1 Å². The molecule has 100 valence electrons. The lowest BCUT2D eigenvalue weighted by Crippen LogP contribution is -2.29. The molecule has 0 aromatic heterocycles. The highest BCUT2D eigenvalue weighted by Gasteiger charge is 2.10. The van der Waals surface area contributed by atoms with Crippen molar-refractivity contribution in [1.29, 1.82) is 0 Å². The molecule has 2 N–H and O–H groups in total. The molecule has 0 aliphatic rings. The van der Waals surface area contributed by atoms with Crippen LogP contribution in [0.1, 0.15) is 26.2 Å². The number of carbonyl (C=O) groups is 1. The third-order valence-corrected chi connectivity index (χ3v) is 3.13. The van der Waals surface area contributed by atoms with Crippen LogP contribution in [0, 0.1) is 0 Å². The Morgan fingerprint density at radius 1 is 1.17 bits per heavy atom. The number of urea groups is 1. The Bertz CT molecular complexity index is 401. The summed E-state index contributed by atoms with van der Waals surface area (Å²) in [5.41, 5.74) is 0.371. The van der Waals surface area contributed by atoms with Gasteiger partial charge in [-0.1, -0.05) is 54.6 Å². The number of benzene rings is 1. The van der Waals surface area contributed by atoms with Gasteiger partial charge in [0.15, 0.2) is 0 Å². The number of amides is 2. The maximum atomic E-state index is 11.6. The van der Waals surface area contributed by atoms with Crippen molar-refractivity contribution >= 4 is 46.5 Å². The molecule has 0 spiro atoms.